The molecule has 0 bridgehead atoms. The summed E-state index contributed by atoms with van der Waals surface area (Å²) >= 11 is 0. The molecule has 2 rings (SSSR count). The van der Waals surface area contributed by atoms with Crippen LogP contribution in [-0.2, 0) is 22.5 Å². The molecular formula is C24H36N2O3. The van der Waals surface area contributed by atoms with Gasteiger partial charge in [-0.25, -0.2) is 0 Å². The maximum Gasteiger partial charge on any atom is 0.310 e. The van der Waals surface area contributed by atoms with Gasteiger partial charge in [0, 0.05) is 5.69 Å². The number of aromatic nitrogens is 2. The van der Waals surface area contributed by atoms with Crippen molar-refractivity contribution in [1.82, 2.24) is 9.78 Å². The van der Waals surface area contributed by atoms with E-state index in [4.69, 9.17) is 14.6 Å². The highest BCUT2D eigenvalue weighted by molar-refractivity contribution is 5.72. The number of carbonyl (C=O) groups excluding carboxylic acids is 1. The molecule has 0 saturated heterocycles. The molecule has 0 radical (unpaired) electrons. The minimum absolute atomic E-state index is 0.200. The van der Waals surface area contributed by atoms with Crippen LogP contribution in [0.3, 0.4) is 0 Å². The molecule has 0 spiro atoms. The molecule has 0 fully saturated rings. The Morgan fingerprint density at radius 1 is 1.03 bits per heavy atom. The van der Waals surface area contributed by atoms with E-state index in [-0.39, 0.29) is 24.4 Å². The fourth-order valence-corrected chi connectivity index (χ4v) is 3.15. The zero-order valence-corrected chi connectivity index (χ0v) is 18.9. The minimum atomic E-state index is -0.220. The molecule has 0 aliphatic heterocycles. The predicted octanol–water partition coefficient (Wildman–Crippen LogP) is 5.34. The molecule has 5 heteroatoms. The lowest BCUT2D eigenvalue weighted by Crippen LogP contribution is -2.30. The van der Waals surface area contributed by atoms with Gasteiger partial charge in [0.05, 0.1) is 25.3 Å². The Morgan fingerprint density at radius 3 is 2.21 bits per heavy atom. The highest BCUT2D eigenvalue weighted by atomic mass is 16.5. The van der Waals surface area contributed by atoms with Crippen LogP contribution in [0, 0.1) is 5.92 Å². The van der Waals surface area contributed by atoms with E-state index in [2.05, 4.69) is 47.6 Å². The van der Waals surface area contributed by atoms with Crippen molar-refractivity contribution in [3.05, 3.63) is 47.3 Å². The third kappa shape index (κ3) is 6.62. The second-order valence-electron chi connectivity index (χ2n) is 8.51. The molecule has 1 aromatic heterocycles. The summed E-state index contributed by atoms with van der Waals surface area (Å²) in [5, 5.41) is 4.78. The summed E-state index contributed by atoms with van der Waals surface area (Å²) in [6, 6.07) is 9.77. The number of esters is 1. The number of ether oxygens (including phenoxy) is 2. The van der Waals surface area contributed by atoms with Crippen molar-refractivity contribution in [2.45, 2.75) is 79.4 Å². The smallest absolute Gasteiger partial charge is 0.310 e. The summed E-state index contributed by atoms with van der Waals surface area (Å²) in [4.78, 5) is 12.6. The first-order valence-corrected chi connectivity index (χ1v) is 10.7. The molecule has 1 heterocycles. The number of hydrogen-bond donors (Lipinski definition) is 0. The number of carbonyl (C=O) groups is 1. The summed E-state index contributed by atoms with van der Waals surface area (Å²) in [5.41, 5.74) is 3.18. The van der Waals surface area contributed by atoms with Gasteiger partial charge in [0.1, 0.15) is 11.9 Å². The van der Waals surface area contributed by atoms with Gasteiger partial charge in [0.25, 0.3) is 0 Å². The molecule has 160 valence electrons. The Kier molecular flexibility index (Phi) is 8.30. The van der Waals surface area contributed by atoms with Crippen molar-refractivity contribution in [3.8, 4) is 5.75 Å². The van der Waals surface area contributed by atoms with Crippen molar-refractivity contribution < 1.29 is 14.3 Å². The lowest BCUT2D eigenvalue weighted by molar-refractivity contribution is -0.151. The molecule has 2 aromatic rings. The van der Waals surface area contributed by atoms with Crippen molar-refractivity contribution in [2.24, 2.45) is 5.92 Å². The molecular weight excluding hydrogens is 364 g/mol. The maximum absolute atomic E-state index is 12.6. The fourth-order valence-electron chi connectivity index (χ4n) is 3.15. The third-order valence-electron chi connectivity index (χ3n) is 4.98. The number of hydrogen-bond acceptors (Lipinski definition) is 4. The van der Waals surface area contributed by atoms with E-state index in [1.165, 1.54) is 5.69 Å². The normalized spacial score (nSPS) is 12.6. The monoisotopic (exact) mass is 400 g/mol. The molecule has 0 aliphatic carbocycles. The Bertz CT molecular complexity index is 776. The van der Waals surface area contributed by atoms with Crippen LogP contribution >= 0.6 is 0 Å². The first kappa shape index (κ1) is 23.0. The minimum Gasteiger partial charge on any atom is -0.494 e. The fraction of sp³-hybridized carbons (Fsp3) is 0.583. The summed E-state index contributed by atoms with van der Waals surface area (Å²) in [6.07, 6.45) is 0.0332. The van der Waals surface area contributed by atoms with Crippen molar-refractivity contribution >= 4 is 5.97 Å². The van der Waals surface area contributed by atoms with Gasteiger partial charge in [-0.1, -0.05) is 53.7 Å². The topological polar surface area (TPSA) is 53.4 Å². The summed E-state index contributed by atoms with van der Waals surface area (Å²) in [5.74, 6) is 1.53. The van der Waals surface area contributed by atoms with Crippen LogP contribution in [0.5, 0.6) is 5.75 Å². The predicted molar refractivity (Wildman–Crippen MR) is 116 cm³/mol. The lowest BCUT2D eigenvalue weighted by atomic mass is 10.1. The van der Waals surface area contributed by atoms with E-state index in [0.717, 1.165) is 17.0 Å². The highest BCUT2D eigenvalue weighted by Crippen LogP contribution is 2.23. The van der Waals surface area contributed by atoms with Gasteiger partial charge < -0.3 is 9.47 Å². The van der Waals surface area contributed by atoms with E-state index in [9.17, 15) is 4.79 Å². The van der Waals surface area contributed by atoms with E-state index < -0.39 is 0 Å². The van der Waals surface area contributed by atoms with Crippen molar-refractivity contribution in [2.75, 3.05) is 6.61 Å². The Morgan fingerprint density at radius 2 is 1.69 bits per heavy atom. The number of rotatable bonds is 10. The molecule has 0 saturated carbocycles. The van der Waals surface area contributed by atoms with Gasteiger partial charge in [0.15, 0.2) is 0 Å². The first-order chi connectivity index (χ1) is 13.7. The largest absolute Gasteiger partial charge is 0.494 e. The lowest BCUT2D eigenvalue weighted by Gasteiger charge is -2.23. The zero-order chi connectivity index (χ0) is 21.6. The summed E-state index contributed by atoms with van der Waals surface area (Å²) in [6.45, 7) is 15.9. The van der Waals surface area contributed by atoms with Gasteiger partial charge >= 0.3 is 5.97 Å². The SMILES string of the molecule is CCOc1ccc(CC(=O)O[C@@H](Cn2nc(C(C)C)cc2C(C)C)C(C)C)cc1. The number of benzene rings is 1. The molecule has 1 atom stereocenters. The average molecular weight is 401 g/mol. The molecule has 5 nitrogen and oxygen atoms in total. The van der Waals surface area contributed by atoms with Gasteiger partial charge in [0.2, 0.25) is 0 Å². The average Bonchev–Trinajstić information content (AvgIpc) is 3.07. The van der Waals surface area contributed by atoms with Crippen LogP contribution in [0.1, 0.15) is 77.3 Å². The van der Waals surface area contributed by atoms with E-state index in [1.54, 1.807) is 0 Å². The molecule has 1 aromatic carbocycles. The quantitative estimate of drug-likeness (QED) is 0.505. The van der Waals surface area contributed by atoms with E-state index >= 15 is 0 Å². The summed E-state index contributed by atoms with van der Waals surface area (Å²) < 4.78 is 13.3. The second kappa shape index (κ2) is 10.5. The third-order valence-corrected chi connectivity index (χ3v) is 4.98. The highest BCUT2D eigenvalue weighted by Gasteiger charge is 2.23. The van der Waals surface area contributed by atoms with Crippen LogP contribution in [0.25, 0.3) is 0 Å². The Labute approximate surface area is 175 Å². The van der Waals surface area contributed by atoms with E-state index in [0.29, 0.717) is 25.0 Å². The molecule has 0 unspecified atom stereocenters. The van der Waals surface area contributed by atoms with Gasteiger partial charge in [-0.3, -0.25) is 9.48 Å². The summed E-state index contributed by atoms with van der Waals surface area (Å²) in [7, 11) is 0. The van der Waals surface area contributed by atoms with Crippen LogP contribution in [0.15, 0.2) is 30.3 Å². The zero-order valence-electron chi connectivity index (χ0n) is 18.9. The van der Waals surface area contributed by atoms with Crippen LogP contribution in [0.2, 0.25) is 0 Å². The number of nitrogens with zero attached hydrogens (tertiary/aromatic N) is 2. The van der Waals surface area contributed by atoms with Crippen LogP contribution in [-0.4, -0.2) is 28.5 Å². The van der Waals surface area contributed by atoms with Gasteiger partial charge in [-0.05, 0) is 48.4 Å². The first-order valence-electron chi connectivity index (χ1n) is 10.7. The maximum atomic E-state index is 12.6. The second-order valence-corrected chi connectivity index (χ2v) is 8.51. The molecule has 0 aliphatic rings. The van der Waals surface area contributed by atoms with Crippen LogP contribution in [0.4, 0.5) is 0 Å². The Hall–Kier alpha value is -2.30. The van der Waals surface area contributed by atoms with Gasteiger partial charge in [-0.15, -0.1) is 0 Å². The standard InChI is InChI=1S/C24H36N2O3/c1-8-28-20-11-9-19(10-12-20)13-24(27)29-23(18(6)7)15-26-22(17(4)5)14-21(25-26)16(2)3/h9-12,14,16-18,23H,8,13,15H2,1-7H3/t23-/m0/s1. The van der Waals surface area contributed by atoms with Gasteiger partial charge in [-0.2, -0.15) is 5.10 Å². The van der Waals surface area contributed by atoms with Crippen molar-refractivity contribution in [3.63, 3.8) is 0 Å². The van der Waals surface area contributed by atoms with E-state index in [1.807, 2.05) is 35.9 Å². The molecule has 0 N–H and O–H groups in total. The molecule has 29 heavy (non-hydrogen) atoms. The van der Waals surface area contributed by atoms with Crippen LogP contribution < -0.4 is 4.74 Å². The van der Waals surface area contributed by atoms with Crippen molar-refractivity contribution in [1.29, 1.82) is 0 Å². The Balaban J connectivity index is 2.07. The molecule has 0 amide bonds.